The first kappa shape index (κ1) is 41.7. The highest BCUT2D eigenvalue weighted by Crippen LogP contribution is 2.53. The molecule has 0 spiro atoms. The third-order valence-corrected chi connectivity index (χ3v) is 14.4. The fourth-order valence-electron chi connectivity index (χ4n) is 10.9. The topological polar surface area (TPSA) is 9.72 Å². The molecule has 0 N–H and O–H groups in total. The van der Waals surface area contributed by atoms with Crippen LogP contribution in [0.25, 0.3) is 5.57 Å². The van der Waals surface area contributed by atoms with E-state index in [1.165, 1.54) is 67.1 Å². The average molecular weight is 856 g/mol. The van der Waals surface area contributed by atoms with E-state index in [2.05, 4.69) is 263 Å². The van der Waals surface area contributed by atoms with Gasteiger partial charge in [-0.15, -0.1) is 0 Å². The van der Waals surface area contributed by atoms with Crippen LogP contribution in [0.4, 0.5) is 39.8 Å². The van der Waals surface area contributed by atoms with Crippen molar-refractivity contribution >= 4 is 63.0 Å². The van der Waals surface area contributed by atoms with Gasteiger partial charge in [-0.1, -0.05) is 193 Å². The summed E-state index contributed by atoms with van der Waals surface area (Å²) in [6, 6.07) is 67.7. The van der Waals surface area contributed by atoms with Crippen LogP contribution in [0.5, 0.6) is 0 Å². The van der Waals surface area contributed by atoms with Crippen molar-refractivity contribution in [3.05, 3.63) is 240 Å². The van der Waals surface area contributed by atoms with Gasteiger partial charge in [-0.2, -0.15) is 0 Å². The van der Waals surface area contributed by atoms with Crippen LogP contribution in [0.1, 0.15) is 77.0 Å². The zero-order valence-corrected chi connectivity index (χ0v) is 39.1. The maximum Gasteiger partial charge on any atom is 0.251 e. The molecule has 324 valence electrons. The zero-order chi connectivity index (χ0) is 45.2. The first-order valence-electron chi connectivity index (χ1n) is 23.8. The summed E-state index contributed by atoms with van der Waals surface area (Å²) in [5, 5.41) is 0. The molecule has 3 nitrogen and oxygen atoms in total. The van der Waals surface area contributed by atoms with Crippen molar-refractivity contribution in [2.75, 3.05) is 14.7 Å². The van der Waals surface area contributed by atoms with Gasteiger partial charge in [0.15, 0.2) is 0 Å². The second-order valence-electron chi connectivity index (χ2n) is 20.6. The normalized spacial score (nSPS) is 17.7. The van der Waals surface area contributed by atoms with Gasteiger partial charge in [-0.25, -0.2) is 0 Å². The standard InChI is InChI=1S/C62H58BN3/c1-61(2,3)45-35-37-53-55(39-45)65(49-31-20-11-21-32-49)57-41-50(64(47-27-16-9-17-28-47)48-29-18-10-19-30-48)42-58-59(57)63(53)54-38-36-46(62(4,5)6)40-56(54)66(58)60-51(43-23-12-7-13-24-43)33-22-34-52(60)44-25-14-8-15-26-44/h7-33,35-39,41-42,46,52H,34,40H2,1-6H3/t46-,52?/m1/s1. The molecule has 4 aliphatic rings. The van der Waals surface area contributed by atoms with E-state index in [-0.39, 0.29) is 23.5 Å². The summed E-state index contributed by atoms with van der Waals surface area (Å²) in [5.41, 5.74) is 20.2. The van der Waals surface area contributed by atoms with Gasteiger partial charge in [-0.05, 0) is 117 Å². The van der Waals surface area contributed by atoms with Gasteiger partial charge in [0.2, 0.25) is 0 Å². The Morgan fingerprint density at radius 3 is 1.74 bits per heavy atom. The fourth-order valence-corrected chi connectivity index (χ4v) is 10.9. The van der Waals surface area contributed by atoms with Crippen molar-refractivity contribution in [2.24, 2.45) is 11.3 Å². The molecule has 2 heterocycles. The average Bonchev–Trinajstić information content (AvgIpc) is 3.34. The van der Waals surface area contributed by atoms with E-state index in [1.54, 1.807) is 0 Å². The first-order valence-corrected chi connectivity index (χ1v) is 23.8. The van der Waals surface area contributed by atoms with Gasteiger partial charge in [0.1, 0.15) is 0 Å². The predicted octanol–water partition coefficient (Wildman–Crippen LogP) is 15.2. The van der Waals surface area contributed by atoms with Gasteiger partial charge in [0, 0.05) is 57.0 Å². The highest BCUT2D eigenvalue weighted by atomic mass is 15.2. The number of fused-ring (bicyclic) bond motifs is 3. The van der Waals surface area contributed by atoms with Crippen molar-refractivity contribution in [3.8, 4) is 0 Å². The fraction of sp³-hybridized carbons (Fsp3) is 0.194. The minimum absolute atomic E-state index is 0.0217. The molecular weight excluding hydrogens is 798 g/mol. The molecule has 7 aromatic carbocycles. The Morgan fingerprint density at radius 1 is 0.561 bits per heavy atom. The molecule has 0 amide bonds. The van der Waals surface area contributed by atoms with Crippen LogP contribution in [-0.2, 0) is 5.41 Å². The molecule has 2 aliphatic carbocycles. The summed E-state index contributed by atoms with van der Waals surface area (Å²) in [5.74, 6) is 0.458. The summed E-state index contributed by atoms with van der Waals surface area (Å²) in [4.78, 5) is 7.82. The number of para-hydroxylation sites is 3. The van der Waals surface area contributed by atoms with Crippen molar-refractivity contribution in [3.63, 3.8) is 0 Å². The van der Waals surface area contributed by atoms with Crippen molar-refractivity contribution in [1.29, 1.82) is 0 Å². The van der Waals surface area contributed by atoms with E-state index in [0.717, 1.165) is 35.6 Å². The summed E-state index contributed by atoms with van der Waals surface area (Å²) in [6.07, 6.45) is 11.7. The van der Waals surface area contributed by atoms with Gasteiger partial charge < -0.3 is 14.7 Å². The molecule has 11 rings (SSSR count). The molecule has 0 bridgehead atoms. The number of hydrogen-bond acceptors (Lipinski definition) is 3. The predicted molar refractivity (Wildman–Crippen MR) is 282 cm³/mol. The lowest BCUT2D eigenvalue weighted by Crippen LogP contribution is -2.57. The van der Waals surface area contributed by atoms with Crippen molar-refractivity contribution in [1.82, 2.24) is 0 Å². The molecule has 4 heteroatoms. The highest BCUT2D eigenvalue weighted by molar-refractivity contribution is 6.95. The molecule has 2 atom stereocenters. The Morgan fingerprint density at radius 2 is 1.14 bits per heavy atom. The van der Waals surface area contributed by atoms with E-state index < -0.39 is 0 Å². The van der Waals surface area contributed by atoms with Crippen LogP contribution in [0.2, 0.25) is 0 Å². The Balaban J connectivity index is 1.30. The van der Waals surface area contributed by atoms with E-state index in [0.29, 0.717) is 5.92 Å². The SMILES string of the molecule is CC(C)(C)c1ccc2c(c1)N(c1ccccc1)c1cc(N(c3ccccc3)c3ccccc3)cc3c1B2C1=C(C[C@H](C(C)(C)C)C=C1)N3C1=C(c2ccccc2)C=CCC1c1ccccc1. The number of benzene rings is 7. The molecular formula is C62H58BN3. The lowest BCUT2D eigenvalue weighted by atomic mass is 9.32. The molecule has 66 heavy (non-hydrogen) atoms. The van der Waals surface area contributed by atoms with Crippen LogP contribution in [0, 0.1) is 11.3 Å². The molecule has 0 radical (unpaired) electrons. The highest BCUT2D eigenvalue weighted by Gasteiger charge is 2.48. The lowest BCUT2D eigenvalue weighted by Gasteiger charge is -2.50. The van der Waals surface area contributed by atoms with Crippen LogP contribution < -0.4 is 25.6 Å². The Hall–Kier alpha value is -7.04. The van der Waals surface area contributed by atoms with Gasteiger partial charge >= 0.3 is 0 Å². The number of anilines is 7. The number of hydrogen-bond donors (Lipinski definition) is 0. The van der Waals surface area contributed by atoms with E-state index in [9.17, 15) is 0 Å². The number of nitrogens with zero attached hydrogens (tertiary/aromatic N) is 3. The minimum atomic E-state index is -0.0399. The molecule has 2 aliphatic heterocycles. The Bertz CT molecular complexity index is 3010. The quantitative estimate of drug-likeness (QED) is 0.148. The second kappa shape index (κ2) is 16.4. The first-order chi connectivity index (χ1) is 32.0. The molecule has 1 unspecified atom stereocenters. The number of rotatable bonds is 7. The summed E-state index contributed by atoms with van der Waals surface area (Å²) < 4.78 is 0. The van der Waals surface area contributed by atoms with Gasteiger partial charge in [0.25, 0.3) is 6.71 Å². The summed E-state index contributed by atoms with van der Waals surface area (Å²) in [6.45, 7) is 14.3. The minimum Gasteiger partial charge on any atom is -0.318 e. The number of allylic oxidation sites excluding steroid dienone is 8. The van der Waals surface area contributed by atoms with Crippen LogP contribution in [0.15, 0.2) is 223 Å². The molecule has 0 fully saturated rings. The van der Waals surface area contributed by atoms with Crippen LogP contribution in [-0.4, -0.2) is 6.71 Å². The third kappa shape index (κ3) is 7.24. The zero-order valence-electron chi connectivity index (χ0n) is 39.1. The summed E-state index contributed by atoms with van der Waals surface area (Å²) in [7, 11) is 0. The van der Waals surface area contributed by atoms with E-state index >= 15 is 0 Å². The van der Waals surface area contributed by atoms with Crippen LogP contribution in [0.3, 0.4) is 0 Å². The monoisotopic (exact) mass is 855 g/mol. The van der Waals surface area contributed by atoms with Crippen molar-refractivity contribution < 1.29 is 0 Å². The van der Waals surface area contributed by atoms with Gasteiger partial charge in [-0.3, -0.25) is 0 Å². The van der Waals surface area contributed by atoms with Gasteiger partial charge in [0.05, 0.1) is 5.69 Å². The Labute approximate surface area is 392 Å². The molecule has 0 aromatic heterocycles. The van der Waals surface area contributed by atoms with E-state index in [4.69, 9.17) is 0 Å². The summed E-state index contributed by atoms with van der Waals surface area (Å²) >= 11 is 0. The molecule has 0 saturated heterocycles. The maximum absolute atomic E-state index is 2.78. The molecule has 0 saturated carbocycles. The Kier molecular flexibility index (Phi) is 10.4. The van der Waals surface area contributed by atoms with Crippen molar-refractivity contribution in [2.45, 2.75) is 65.7 Å². The van der Waals surface area contributed by atoms with Crippen LogP contribution >= 0.6 is 0 Å². The smallest absolute Gasteiger partial charge is 0.251 e. The molecule has 7 aromatic rings. The lowest BCUT2D eigenvalue weighted by molar-refractivity contribution is 0.287. The second-order valence-corrected chi connectivity index (χ2v) is 20.6. The largest absolute Gasteiger partial charge is 0.318 e. The van der Waals surface area contributed by atoms with E-state index in [1.807, 2.05) is 0 Å². The third-order valence-electron chi connectivity index (χ3n) is 14.4. The maximum atomic E-state index is 2.78.